The van der Waals surface area contributed by atoms with Crippen molar-refractivity contribution in [2.24, 2.45) is 0 Å². The molecule has 1 fully saturated rings. The van der Waals surface area contributed by atoms with Gasteiger partial charge in [-0.25, -0.2) is 0 Å². The first-order valence-corrected chi connectivity index (χ1v) is 10.6. The molecule has 1 aromatic carbocycles. The standard InChI is InChI=1S/C22H27N3O2S/c1-17-8-2-3-10-19(17)21(26)24-20(16-18-9-6-15-28-18)22(27)23-11-7-14-25-12-4-5-13-25/h2-3,6,8-10,15-16H,4-5,7,11-14H2,1H3,(H,23,27)(H,24,26)/b20-16-. The number of thiophene rings is 1. The van der Waals surface area contributed by atoms with Crippen molar-refractivity contribution >= 4 is 29.2 Å². The van der Waals surface area contributed by atoms with E-state index in [9.17, 15) is 9.59 Å². The van der Waals surface area contributed by atoms with Crippen LogP contribution in [0.4, 0.5) is 0 Å². The van der Waals surface area contributed by atoms with Gasteiger partial charge in [0.05, 0.1) is 0 Å². The van der Waals surface area contributed by atoms with E-state index in [-0.39, 0.29) is 17.5 Å². The highest BCUT2D eigenvalue weighted by atomic mass is 32.1. The number of benzene rings is 1. The van der Waals surface area contributed by atoms with Gasteiger partial charge in [-0.05, 0) is 75.0 Å². The number of amides is 2. The predicted octanol–water partition coefficient (Wildman–Crippen LogP) is 3.43. The number of rotatable bonds is 8. The molecule has 6 heteroatoms. The molecular weight excluding hydrogens is 370 g/mol. The zero-order chi connectivity index (χ0) is 19.8. The van der Waals surface area contributed by atoms with E-state index in [4.69, 9.17) is 0 Å². The summed E-state index contributed by atoms with van der Waals surface area (Å²) < 4.78 is 0. The van der Waals surface area contributed by atoms with Crippen LogP contribution in [-0.2, 0) is 4.79 Å². The second-order valence-electron chi connectivity index (χ2n) is 7.00. The topological polar surface area (TPSA) is 61.4 Å². The zero-order valence-corrected chi connectivity index (χ0v) is 17.1. The number of hydrogen-bond acceptors (Lipinski definition) is 4. The summed E-state index contributed by atoms with van der Waals surface area (Å²) in [5, 5.41) is 7.69. The molecule has 0 atom stereocenters. The summed E-state index contributed by atoms with van der Waals surface area (Å²) in [5.74, 6) is -0.523. The Hall–Kier alpha value is -2.44. The average Bonchev–Trinajstić information content (AvgIpc) is 3.39. The fourth-order valence-corrected chi connectivity index (χ4v) is 3.95. The summed E-state index contributed by atoms with van der Waals surface area (Å²) >= 11 is 1.53. The first-order valence-electron chi connectivity index (χ1n) is 9.76. The highest BCUT2D eigenvalue weighted by molar-refractivity contribution is 7.10. The van der Waals surface area contributed by atoms with Gasteiger partial charge in [0.15, 0.2) is 0 Å². The third-order valence-corrected chi connectivity index (χ3v) is 5.67. The minimum absolute atomic E-state index is 0.253. The molecule has 28 heavy (non-hydrogen) atoms. The largest absolute Gasteiger partial charge is 0.351 e. The van der Waals surface area contributed by atoms with E-state index in [0.717, 1.165) is 36.5 Å². The van der Waals surface area contributed by atoms with Crippen molar-refractivity contribution in [3.63, 3.8) is 0 Å². The second kappa shape index (κ2) is 10.2. The summed E-state index contributed by atoms with van der Waals surface area (Å²) in [4.78, 5) is 28.7. The van der Waals surface area contributed by atoms with Crippen LogP contribution in [-0.4, -0.2) is 42.9 Å². The van der Waals surface area contributed by atoms with Gasteiger partial charge in [0.1, 0.15) is 5.70 Å². The van der Waals surface area contributed by atoms with Gasteiger partial charge in [-0.2, -0.15) is 0 Å². The summed E-state index contributed by atoms with van der Waals surface area (Å²) in [6.45, 7) is 5.79. The van der Waals surface area contributed by atoms with Gasteiger partial charge in [0.2, 0.25) is 0 Å². The SMILES string of the molecule is Cc1ccccc1C(=O)N/C(=C\c1cccs1)C(=O)NCCCN1CCCC1. The molecule has 3 rings (SSSR count). The Morgan fingerprint density at radius 3 is 2.64 bits per heavy atom. The number of hydrogen-bond donors (Lipinski definition) is 2. The lowest BCUT2D eigenvalue weighted by molar-refractivity contribution is -0.117. The molecule has 1 saturated heterocycles. The van der Waals surface area contributed by atoms with Gasteiger partial charge in [-0.1, -0.05) is 24.3 Å². The highest BCUT2D eigenvalue weighted by Gasteiger charge is 2.16. The quantitative estimate of drug-likeness (QED) is 0.530. The minimum atomic E-state index is -0.270. The molecule has 0 saturated carbocycles. The zero-order valence-electron chi connectivity index (χ0n) is 16.2. The Labute approximate surface area is 170 Å². The van der Waals surface area contributed by atoms with Gasteiger partial charge in [0.25, 0.3) is 11.8 Å². The van der Waals surface area contributed by atoms with Crippen LogP contribution in [0.3, 0.4) is 0 Å². The molecule has 2 N–H and O–H groups in total. The maximum atomic E-state index is 12.7. The number of aryl methyl sites for hydroxylation is 1. The highest BCUT2D eigenvalue weighted by Crippen LogP contribution is 2.14. The van der Waals surface area contributed by atoms with Crippen LogP contribution >= 0.6 is 11.3 Å². The smallest absolute Gasteiger partial charge is 0.267 e. The Morgan fingerprint density at radius 1 is 1.14 bits per heavy atom. The van der Waals surface area contributed by atoms with Crippen molar-refractivity contribution in [2.75, 3.05) is 26.2 Å². The van der Waals surface area contributed by atoms with Crippen LogP contribution < -0.4 is 10.6 Å². The Kier molecular flexibility index (Phi) is 7.39. The Bertz CT molecular complexity index is 824. The first-order chi connectivity index (χ1) is 13.6. The maximum absolute atomic E-state index is 12.7. The average molecular weight is 398 g/mol. The van der Waals surface area contributed by atoms with Crippen molar-refractivity contribution in [2.45, 2.75) is 26.2 Å². The number of carbonyl (C=O) groups is 2. The van der Waals surface area contributed by atoms with Crippen molar-refractivity contribution in [1.82, 2.24) is 15.5 Å². The molecule has 1 aliphatic rings. The lowest BCUT2D eigenvalue weighted by Gasteiger charge is -2.15. The van der Waals surface area contributed by atoms with Crippen LogP contribution in [0, 0.1) is 6.92 Å². The van der Waals surface area contributed by atoms with Crippen molar-refractivity contribution in [1.29, 1.82) is 0 Å². The molecule has 0 radical (unpaired) electrons. The molecule has 0 bridgehead atoms. The summed E-state index contributed by atoms with van der Waals surface area (Å²) in [5.41, 5.74) is 1.72. The van der Waals surface area contributed by atoms with Crippen LogP contribution in [0.5, 0.6) is 0 Å². The van der Waals surface area contributed by atoms with Crippen LogP contribution in [0.1, 0.15) is 40.1 Å². The molecule has 0 aliphatic carbocycles. The van der Waals surface area contributed by atoms with E-state index in [2.05, 4.69) is 15.5 Å². The van der Waals surface area contributed by atoms with E-state index < -0.39 is 0 Å². The van der Waals surface area contributed by atoms with Crippen molar-refractivity contribution in [3.8, 4) is 0 Å². The monoisotopic (exact) mass is 397 g/mol. The molecule has 2 aromatic rings. The number of carbonyl (C=O) groups excluding carboxylic acids is 2. The Balaban J connectivity index is 1.62. The van der Waals surface area contributed by atoms with Crippen molar-refractivity contribution in [3.05, 3.63) is 63.5 Å². The van der Waals surface area contributed by atoms with E-state index in [0.29, 0.717) is 12.1 Å². The second-order valence-corrected chi connectivity index (χ2v) is 7.98. The van der Waals surface area contributed by atoms with Gasteiger partial charge in [-0.15, -0.1) is 11.3 Å². The molecular formula is C22H27N3O2S. The maximum Gasteiger partial charge on any atom is 0.267 e. The minimum Gasteiger partial charge on any atom is -0.351 e. The molecule has 2 heterocycles. The third-order valence-electron chi connectivity index (χ3n) is 4.85. The number of nitrogens with zero attached hydrogens (tertiary/aromatic N) is 1. The predicted molar refractivity (Wildman–Crippen MR) is 114 cm³/mol. The third kappa shape index (κ3) is 5.78. The van der Waals surface area contributed by atoms with Gasteiger partial charge >= 0.3 is 0 Å². The fraction of sp³-hybridized carbons (Fsp3) is 0.364. The van der Waals surface area contributed by atoms with Crippen molar-refractivity contribution < 1.29 is 9.59 Å². The van der Waals surface area contributed by atoms with Gasteiger partial charge in [0, 0.05) is 17.0 Å². The lowest BCUT2D eigenvalue weighted by atomic mass is 10.1. The van der Waals surface area contributed by atoms with E-state index in [1.807, 2.05) is 42.6 Å². The summed E-state index contributed by atoms with van der Waals surface area (Å²) in [6.07, 6.45) is 5.18. The molecule has 1 aliphatic heterocycles. The number of likely N-dealkylation sites (tertiary alicyclic amines) is 1. The molecule has 5 nitrogen and oxygen atoms in total. The summed E-state index contributed by atoms with van der Waals surface area (Å²) in [6, 6.07) is 11.2. The molecule has 2 amide bonds. The molecule has 148 valence electrons. The Morgan fingerprint density at radius 2 is 1.93 bits per heavy atom. The fourth-order valence-electron chi connectivity index (χ4n) is 3.30. The van der Waals surface area contributed by atoms with Crippen LogP contribution in [0.25, 0.3) is 6.08 Å². The van der Waals surface area contributed by atoms with E-state index >= 15 is 0 Å². The van der Waals surface area contributed by atoms with E-state index in [1.54, 1.807) is 12.1 Å². The lowest BCUT2D eigenvalue weighted by Crippen LogP contribution is -2.36. The van der Waals surface area contributed by atoms with Gasteiger partial charge in [-0.3, -0.25) is 9.59 Å². The normalized spacial score (nSPS) is 14.8. The van der Waals surface area contributed by atoms with Gasteiger partial charge < -0.3 is 15.5 Å². The molecule has 1 aromatic heterocycles. The summed E-state index contributed by atoms with van der Waals surface area (Å²) in [7, 11) is 0. The molecule has 0 unspecified atom stereocenters. The van der Waals surface area contributed by atoms with E-state index in [1.165, 1.54) is 24.2 Å². The van der Waals surface area contributed by atoms with Crippen LogP contribution in [0.15, 0.2) is 47.5 Å². The van der Waals surface area contributed by atoms with Crippen LogP contribution in [0.2, 0.25) is 0 Å². The number of nitrogens with one attached hydrogen (secondary N) is 2. The molecule has 0 spiro atoms. The first kappa shape index (κ1) is 20.3.